The molecule has 0 radical (unpaired) electrons. The minimum Gasteiger partial charge on any atom is -0.471 e. The number of aliphatic hydroxyl groups is 1. The van der Waals surface area contributed by atoms with E-state index >= 15 is 0 Å². The number of nitrogens with zero attached hydrogens (tertiary/aromatic N) is 4. The van der Waals surface area contributed by atoms with Crippen molar-refractivity contribution in [3.8, 4) is 5.88 Å². The highest BCUT2D eigenvalue weighted by molar-refractivity contribution is 6.31. The van der Waals surface area contributed by atoms with Gasteiger partial charge >= 0.3 is 0 Å². The van der Waals surface area contributed by atoms with E-state index in [-0.39, 0.29) is 12.7 Å². The van der Waals surface area contributed by atoms with Gasteiger partial charge in [-0.1, -0.05) is 24.8 Å². The van der Waals surface area contributed by atoms with Crippen LogP contribution in [0.15, 0.2) is 61.7 Å². The molecule has 7 nitrogen and oxygen atoms in total. The van der Waals surface area contributed by atoms with Crippen molar-refractivity contribution in [1.82, 2.24) is 19.9 Å². The Morgan fingerprint density at radius 2 is 2.14 bits per heavy atom. The summed E-state index contributed by atoms with van der Waals surface area (Å²) in [6.07, 6.45) is 4.91. The maximum Gasteiger partial charge on any atom is 0.214 e. The lowest BCUT2D eigenvalue weighted by molar-refractivity contribution is 0.0439. The van der Waals surface area contributed by atoms with Gasteiger partial charge in [0.2, 0.25) is 5.88 Å². The van der Waals surface area contributed by atoms with Gasteiger partial charge in [-0.2, -0.15) is 0 Å². The Morgan fingerprint density at radius 1 is 1.31 bits per heavy atom. The third-order valence-electron chi connectivity index (χ3n) is 4.75. The van der Waals surface area contributed by atoms with Crippen LogP contribution in [0.2, 0.25) is 5.02 Å². The van der Waals surface area contributed by atoms with Gasteiger partial charge in [-0.15, -0.1) is 0 Å². The number of allylic oxidation sites excluding steroid dienone is 1. The van der Waals surface area contributed by atoms with Crippen LogP contribution in [0.4, 0.5) is 11.5 Å². The van der Waals surface area contributed by atoms with E-state index in [2.05, 4.69) is 38.3 Å². The van der Waals surface area contributed by atoms with E-state index in [9.17, 15) is 5.11 Å². The molecule has 148 valence electrons. The van der Waals surface area contributed by atoms with Crippen LogP contribution < -0.4 is 10.1 Å². The van der Waals surface area contributed by atoms with E-state index in [1.54, 1.807) is 24.4 Å². The standard InChI is InChI=1S/C21H20ClN5O2/c1-3-13(2)27-9-16(10-27)29-20-7-17-19(8-23-20)24-12-25-21(17)26-15-4-5-18(22)14(6-15)11-28/h3-8,12,16,28H,1-2,9-11H2,(H,24,25,26). The van der Waals surface area contributed by atoms with Gasteiger partial charge in [0.15, 0.2) is 0 Å². The molecule has 0 atom stereocenters. The second-order valence-corrected chi connectivity index (χ2v) is 7.10. The van der Waals surface area contributed by atoms with Gasteiger partial charge in [-0.05, 0) is 29.8 Å². The number of hydrogen-bond donors (Lipinski definition) is 2. The molecular weight excluding hydrogens is 390 g/mol. The Hall–Kier alpha value is -3.16. The molecule has 3 heterocycles. The molecule has 29 heavy (non-hydrogen) atoms. The minimum absolute atomic E-state index is 0.0427. The summed E-state index contributed by atoms with van der Waals surface area (Å²) >= 11 is 6.07. The number of aliphatic hydroxyl groups excluding tert-OH is 1. The number of halogens is 1. The first-order valence-electron chi connectivity index (χ1n) is 9.07. The molecule has 1 saturated heterocycles. The molecule has 0 aliphatic carbocycles. The second-order valence-electron chi connectivity index (χ2n) is 6.69. The molecule has 2 N–H and O–H groups in total. The molecule has 1 aliphatic rings. The first-order chi connectivity index (χ1) is 14.1. The summed E-state index contributed by atoms with van der Waals surface area (Å²) in [4.78, 5) is 15.1. The largest absolute Gasteiger partial charge is 0.471 e. The molecule has 0 unspecified atom stereocenters. The van der Waals surface area contributed by atoms with Crippen LogP contribution in [-0.4, -0.2) is 44.2 Å². The van der Waals surface area contributed by atoms with Crippen LogP contribution in [0.3, 0.4) is 0 Å². The van der Waals surface area contributed by atoms with Gasteiger partial charge in [0, 0.05) is 27.9 Å². The molecule has 3 aromatic rings. The van der Waals surface area contributed by atoms with Crippen molar-refractivity contribution < 1.29 is 9.84 Å². The lowest BCUT2D eigenvalue weighted by atomic mass is 10.1. The highest BCUT2D eigenvalue weighted by Gasteiger charge is 2.28. The second kappa shape index (κ2) is 8.06. The van der Waals surface area contributed by atoms with Crippen molar-refractivity contribution in [3.63, 3.8) is 0 Å². The fourth-order valence-electron chi connectivity index (χ4n) is 3.06. The fraction of sp³-hybridized carbons (Fsp3) is 0.190. The SMILES string of the molecule is C=CC(=C)N1CC(Oc2cc3c(Nc4ccc(Cl)c(CO)c4)ncnc3cn2)C1. The third-order valence-corrected chi connectivity index (χ3v) is 5.12. The monoisotopic (exact) mass is 409 g/mol. The number of hydrogen-bond acceptors (Lipinski definition) is 7. The highest BCUT2D eigenvalue weighted by atomic mass is 35.5. The average molecular weight is 410 g/mol. The number of ether oxygens (including phenoxy) is 1. The Bertz CT molecular complexity index is 1080. The molecule has 1 aromatic carbocycles. The zero-order valence-corrected chi connectivity index (χ0v) is 16.4. The molecule has 8 heteroatoms. The van der Waals surface area contributed by atoms with Crippen molar-refractivity contribution in [2.45, 2.75) is 12.7 Å². The van der Waals surface area contributed by atoms with Crippen molar-refractivity contribution in [3.05, 3.63) is 72.3 Å². The van der Waals surface area contributed by atoms with Gasteiger partial charge in [0.25, 0.3) is 0 Å². The maximum absolute atomic E-state index is 9.42. The molecule has 2 aromatic heterocycles. The average Bonchev–Trinajstić information content (AvgIpc) is 2.71. The van der Waals surface area contributed by atoms with Gasteiger partial charge in [0.1, 0.15) is 18.2 Å². The quantitative estimate of drug-likeness (QED) is 0.576. The summed E-state index contributed by atoms with van der Waals surface area (Å²) in [7, 11) is 0. The number of pyridine rings is 1. The van der Waals surface area contributed by atoms with Crippen molar-refractivity contribution >= 4 is 34.0 Å². The first-order valence-corrected chi connectivity index (χ1v) is 9.45. The van der Waals surface area contributed by atoms with E-state index in [4.69, 9.17) is 16.3 Å². The van der Waals surface area contributed by atoms with Crippen molar-refractivity contribution in [2.24, 2.45) is 0 Å². The molecule has 1 fully saturated rings. The molecule has 1 aliphatic heterocycles. The van der Waals surface area contributed by atoms with E-state index in [1.165, 1.54) is 6.33 Å². The van der Waals surface area contributed by atoms with E-state index in [1.807, 2.05) is 12.1 Å². The molecule has 4 rings (SSSR count). The number of anilines is 2. The summed E-state index contributed by atoms with van der Waals surface area (Å²) < 4.78 is 5.98. The zero-order valence-electron chi connectivity index (χ0n) is 15.7. The number of likely N-dealkylation sites (tertiary alicyclic amines) is 1. The number of nitrogens with one attached hydrogen (secondary N) is 1. The van der Waals surface area contributed by atoms with Crippen molar-refractivity contribution in [1.29, 1.82) is 0 Å². The van der Waals surface area contributed by atoms with Crippen LogP contribution in [-0.2, 0) is 6.61 Å². The predicted molar refractivity (Wildman–Crippen MR) is 113 cm³/mol. The number of aromatic nitrogens is 3. The normalized spacial score (nSPS) is 13.8. The lowest BCUT2D eigenvalue weighted by Crippen LogP contribution is -2.52. The molecule has 0 amide bonds. The third kappa shape index (κ3) is 4.01. The summed E-state index contributed by atoms with van der Waals surface area (Å²) in [6, 6.07) is 7.16. The molecular formula is C21H20ClN5O2. The summed E-state index contributed by atoms with van der Waals surface area (Å²) in [5.74, 6) is 1.13. The van der Waals surface area contributed by atoms with E-state index in [0.29, 0.717) is 27.8 Å². The first kappa shape index (κ1) is 19.2. The van der Waals surface area contributed by atoms with Gasteiger partial charge < -0.3 is 20.1 Å². The van der Waals surface area contributed by atoms with Crippen LogP contribution in [0, 0.1) is 0 Å². The maximum atomic E-state index is 9.42. The molecule has 0 bridgehead atoms. The Kier molecular flexibility index (Phi) is 5.33. The summed E-state index contributed by atoms with van der Waals surface area (Å²) in [6.45, 7) is 9.01. The van der Waals surface area contributed by atoms with Crippen LogP contribution in [0.1, 0.15) is 5.56 Å². The fourth-order valence-corrected chi connectivity index (χ4v) is 3.24. The van der Waals surface area contributed by atoms with Gasteiger partial charge in [-0.25, -0.2) is 15.0 Å². The molecule has 0 spiro atoms. The zero-order chi connectivity index (χ0) is 20.4. The summed E-state index contributed by atoms with van der Waals surface area (Å²) in [5, 5.41) is 14.0. The van der Waals surface area contributed by atoms with Crippen LogP contribution in [0.5, 0.6) is 5.88 Å². The highest BCUT2D eigenvalue weighted by Crippen LogP contribution is 2.28. The summed E-state index contributed by atoms with van der Waals surface area (Å²) in [5.41, 5.74) is 2.98. The predicted octanol–water partition coefficient (Wildman–Crippen LogP) is 3.68. The number of benzene rings is 1. The number of fused-ring (bicyclic) bond motifs is 1. The Balaban J connectivity index is 1.55. The van der Waals surface area contributed by atoms with Crippen LogP contribution >= 0.6 is 11.6 Å². The Labute approximate surface area is 173 Å². The van der Waals surface area contributed by atoms with Crippen LogP contribution in [0.25, 0.3) is 10.9 Å². The molecule has 0 saturated carbocycles. The topological polar surface area (TPSA) is 83.4 Å². The smallest absolute Gasteiger partial charge is 0.214 e. The lowest BCUT2D eigenvalue weighted by Gasteiger charge is -2.40. The van der Waals surface area contributed by atoms with Gasteiger partial charge in [0.05, 0.1) is 31.4 Å². The van der Waals surface area contributed by atoms with Gasteiger partial charge in [-0.3, -0.25) is 0 Å². The van der Waals surface area contributed by atoms with E-state index < -0.39 is 0 Å². The van der Waals surface area contributed by atoms with E-state index in [0.717, 1.165) is 29.9 Å². The van der Waals surface area contributed by atoms with Crippen molar-refractivity contribution in [2.75, 3.05) is 18.4 Å². The minimum atomic E-state index is -0.141. The Morgan fingerprint density at radius 3 is 2.90 bits per heavy atom. The number of rotatable bonds is 7.